The second-order valence-corrected chi connectivity index (χ2v) is 11.7. The van der Waals surface area contributed by atoms with Crippen molar-refractivity contribution in [1.82, 2.24) is 10.2 Å². The standard InChI is InChI=1S/C31H39N3O4S/c1-5-19-32-31(36)29(21-25-14-8-7-9-15-25)33(22-26-16-12-13-24(3)20-26)30(35)23-34(39(4,37)38)28-18-11-10-17-27(28)6-2/h7-18,20,29H,5-6,19,21-23H2,1-4H3,(H,32,36)/t29-/m1/s1. The number of rotatable bonds is 13. The van der Waals surface area contributed by atoms with Gasteiger partial charge in [0.1, 0.15) is 12.6 Å². The molecule has 0 aliphatic rings. The van der Waals surface area contributed by atoms with Crippen LogP contribution in [0.3, 0.4) is 0 Å². The van der Waals surface area contributed by atoms with Crippen LogP contribution < -0.4 is 9.62 Å². The third-order valence-electron chi connectivity index (χ3n) is 6.58. The molecule has 3 rings (SSSR count). The van der Waals surface area contributed by atoms with Crippen LogP contribution >= 0.6 is 0 Å². The quantitative estimate of drug-likeness (QED) is 0.340. The monoisotopic (exact) mass is 549 g/mol. The summed E-state index contributed by atoms with van der Waals surface area (Å²) in [6, 6.07) is 23.7. The maximum absolute atomic E-state index is 14.1. The van der Waals surface area contributed by atoms with E-state index in [1.807, 2.05) is 87.5 Å². The minimum atomic E-state index is -3.79. The van der Waals surface area contributed by atoms with Gasteiger partial charge >= 0.3 is 0 Å². The van der Waals surface area contributed by atoms with Crippen molar-refractivity contribution >= 4 is 27.5 Å². The van der Waals surface area contributed by atoms with Gasteiger partial charge in [-0.2, -0.15) is 0 Å². The summed E-state index contributed by atoms with van der Waals surface area (Å²) >= 11 is 0. The summed E-state index contributed by atoms with van der Waals surface area (Å²) in [5.41, 5.74) is 4.10. The molecule has 0 radical (unpaired) electrons. The Labute approximate surface area is 232 Å². The molecular formula is C31H39N3O4S. The first-order chi connectivity index (χ1) is 18.6. The predicted molar refractivity (Wildman–Crippen MR) is 157 cm³/mol. The molecule has 0 saturated carbocycles. The van der Waals surface area contributed by atoms with Crippen LogP contribution in [0.4, 0.5) is 5.69 Å². The molecule has 8 heteroatoms. The average molecular weight is 550 g/mol. The highest BCUT2D eigenvalue weighted by Gasteiger charge is 2.33. The van der Waals surface area contributed by atoms with E-state index in [1.165, 1.54) is 4.90 Å². The van der Waals surface area contributed by atoms with Gasteiger partial charge < -0.3 is 10.2 Å². The largest absolute Gasteiger partial charge is 0.354 e. The van der Waals surface area contributed by atoms with Gasteiger partial charge in [0.25, 0.3) is 0 Å². The maximum Gasteiger partial charge on any atom is 0.244 e. The van der Waals surface area contributed by atoms with Crippen molar-refractivity contribution in [3.63, 3.8) is 0 Å². The highest BCUT2D eigenvalue weighted by atomic mass is 32.2. The summed E-state index contributed by atoms with van der Waals surface area (Å²) in [6.45, 7) is 6.13. The number of para-hydroxylation sites is 1. The van der Waals surface area contributed by atoms with Gasteiger partial charge in [-0.25, -0.2) is 8.42 Å². The lowest BCUT2D eigenvalue weighted by Gasteiger charge is -2.34. The summed E-state index contributed by atoms with van der Waals surface area (Å²) in [4.78, 5) is 29.2. The highest BCUT2D eigenvalue weighted by molar-refractivity contribution is 7.92. The molecule has 0 unspecified atom stereocenters. The lowest BCUT2D eigenvalue weighted by atomic mass is 10.0. The summed E-state index contributed by atoms with van der Waals surface area (Å²) in [5.74, 6) is -0.706. The van der Waals surface area contributed by atoms with E-state index in [4.69, 9.17) is 0 Å². The van der Waals surface area contributed by atoms with Crippen molar-refractivity contribution in [2.24, 2.45) is 0 Å². The van der Waals surface area contributed by atoms with Gasteiger partial charge in [0, 0.05) is 19.5 Å². The number of hydrogen-bond donors (Lipinski definition) is 1. The number of carbonyl (C=O) groups is 2. The number of benzene rings is 3. The van der Waals surface area contributed by atoms with Crippen LogP contribution in [-0.2, 0) is 39.0 Å². The molecule has 0 spiro atoms. The molecule has 0 saturated heterocycles. The van der Waals surface area contributed by atoms with Crippen molar-refractivity contribution in [1.29, 1.82) is 0 Å². The minimum Gasteiger partial charge on any atom is -0.354 e. The zero-order chi connectivity index (χ0) is 28.4. The summed E-state index contributed by atoms with van der Waals surface area (Å²) in [6.07, 6.45) is 2.77. The molecule has 39 heavy (non-hydrogen) atoms. The zero-order valence-corrected chi connectivity index (χ0v) is 24.1. The highest BCUT2D eigenvalue weighted by Crippen LogP contribution is 2.24. The van der Waals surface area contributed by atoms with E-state index < -0.39 is 28.5 Å². The fraction of sp³-hybridized carbons (Fsp3) is 0.355. The summed E-state index contributed by atoms with van der Waals surface area (Å²) in [7, 11) is -3.79. The van der Waals surface area contributed by atoms with Gasteiger partial charge in [-0.1, -0.05) is 92.2 Å². The third-order valence-corrected chi connectivity index (χ3v) is 7.70. The van der Waals surface area contributed by atoms with Gasteiger partial charge in [-0.3, -0.25) is 13.9 Å². The molecule has 0 heterocycles. The van der Waals surface area contributed by atoms with Crippen molar-refractivity contribution in [3.05, 3.63) is 101 Å². The van der Waals surface area contributed by atoms with Crippen molar-refractivity contribution in [2.45, 2.75) is 52.6 Å². The maximum atomic E-state index is 14.1. The van der Waals surface area contributed by atoms with E-state index in [1.54, 1.807) is 12.1 Å². The average Bonchev–Trinajstić information content (AvgIpc) is 2.92. The van der Waals surface area contributed by atoms with Crippen molar-refractivity contribution < 1.29 is 18.0 Å². The Hall–Kier alpha value is -3.65. The van der Waals surface area contributed by atoms with Crippen molar-refractivity contribution in [2.75, 3.05) is 23.7 Å². The first-order valence-electron chi connectivity index (χ1n) is 13.4. The Bertz CT molecular complexity index is 1360. The normalized spacial score (nSPS) is 12.0. The number of nitrogens with one attached hydrogen (secondary N) is 1. The number of sulfonamides is 1. The predicted octanol–water partition coefficient (Wildman–Crippen LogP) is 4.49. The Morgan fingerprint density at radius 2 is 1.56 bits per heavy atom. The molecule has 3 aromatic carbocycles. The number of carbonyl (C=O) groups excluding carboxylic acids is 2. The van der Waals surface area contributed by atoms with Crippen molar-refractivity contribution in [3.8, 4) is 0 Å². The van der Waals surface area contributed by atoms with Crippen LogP contribution in [0.15, 0.2) is 78.9 Å². The smallest absolute Gasteiger partial charge is 0.244 e. The van der Waals surface area contributed by atoms with Crippen LogP contribution in [0.2, 0.25) is 0 Å². The third kappa shape index (κ3) is 8.42. The lowest BCUT2D eigenvalue weighted by Crippen LogP contribution is -2.53. The van der Waals surface area contributed by atoms with E-state index in [9.17, 15) is 18.0 Å². The number of aryl methyl sites for hydroxylation is 2. The molecule has 3 aromatic rings. The molecule has 0 aliphatic carbocycles. The molecule has 1 atom stereocenters. The minimum absolute atomic E-state index is 0.171. The Kier molecular flexibility index (Phi) is 10.7. The van der Waals surface area contributed by atoms with Gasteiger partial charge in [0.05, 0.1) is 11.9 Å². The molecule has 2 amide bonds. The Balaban J connectivity index is 2.06. The number of hydrogen-bond acceptors (Lipinski definition) is 4. The van der Waals surface area contributed by atoms with Gasteiger partial charge in [-0.15, -0.1) is 0 Å². The van der Waals surface area contributed by atoms with E-state index in [0.29, 0.717) is 25.1 Å². The molecule has 0 aliphatic heterocycles. The van der Waals surface area contributed by atoms with E-state index >= 15 is 0 Å². The van der Waals surface area contributed by atoms with E-state index in [0.717, 1.165) is 39.2 Å². The summed E-state index contributed by atoms with van der Waals surface area (Å²) in [5, 5.41) is 2.95. The molecule has 7 nitrogen and oxygen atoms in total. The van der Waals surface area contributed by atoms with Crippen LogP contribution in [0.5, 0.6) is 0 Å². The molecule has 0 aromatic heterocycles. The van der Waals surface area contributed by atoms with Crippen LogP contribution in [0, 0.1) is 6.92 Å². The van der Waals surface area contributed by atoms with Gasteiger partial charge in [-0.05, 0) is 42.5 Å². The first kappa shape index (κ1) is 29.9. The molecule has 0 fully saturated rings. The summed E-state index contributed by atoms with van der Waals surface area (Å²) < 4.78 is 27.1. The Morgan fingerprint density at radius 3 is 2.21 bits per heavy atom. The van der Waals surface area contributed by atoms with Crippen LogP contribution in [0.1, 0.15) is 42.5 Å². The lowest BCUT2D eigenvalue weighted by molar-refractivity contribution is -0.140. The number of anilines is 1. The van der Waals surface area contributed by atoms with E-state index in [-0.39, 0.29) is 12.5 Å². The molecule has 0 bridgehead atoms. The number of nitrogens with zero attached hydrogens (tertiary/aromatic N) is 2. The fourth-order valence-corrected chi connectivity index (χ4v) is 5.46. The van der Waals surface area contributed by atoms with Crippen LogP contribution in [0.25, 0.3) is 0 Å². The fourth-order valence-electron chi connectivity index (χ4n) is 4.58. The van der Waals surface area contributed by atoms with E-state index in [2.05, 4.69) is 5.32 Å². The van der Waals surface area contributed by atoms with Gasteiger partial charge in [0.15, 0.2) is 0 Å². The first-order valence-corrected chi connectivity index (χ1v) is 15.2. The SMILES string of the molecule is CCCNC(=O)[C@@H](Cc1ccccc1)N(Cc1cccc(C)c1)C(=O)CN(c1ccccc1CC)S(C)(=O)=O. The molecule has 208 valence electrons. The zero-order valence-electron chi connectivity index (χ0n) is 23.3. The van der Waals surface area contributed by atoms with Crippen LogP contribution in [-0.4, -0.2) is 50.5 Å². The Morgan fingerprint density at radius 1 is 0.897 bits per heavy atom. The number of amides is 2. The topological polar surface area (TPSA) is 86.8 Å². The second kappa shape index (κ2) is 13.9. The second-order valence-electron chi connectivity index (χ2n) is 9.76. The van der Waals surface area contributed by atoms with Gasteiger partial charge in [0.2, 0.25) is 21.8 Å². The molecular weight excluding hydrogens is 510 g/mol. The molecule has 1 N–H and O–H groups in total.